The molecule has 0 aliphatic rings. The van der Waals surface area contributed by atoms with Gasteiger partial charge >= 0.3 is 0 Å². The van der Waals surface area contributed by atoms with Gasteiger partial charge in [0, 0.05) is 25.0 Å². The number of hydrogen-bond donors (Lipinski definition) is 1. The summed E-state index contributed by atoms with van der Waals surface area (Å²) in [6.45, 7) is 4.79. The third-order valence-corrected chi connectivity index (χ3v) is 5.00. The Labute approximate surface area is 187 Å². The van der Waals surface area contributed by atoms with Crippen molar-refractivity contribution in [3.63, 3.8) is 0 Å². The largest absolute Gasteiger partial charge is 0.493 e. The van der Waals surface area contributed by atoms with Crippen LogP contribution in [-0.4, -0.2) is 27.8 Å². The maximum absolute atomic E-state index is 12.7. The Morgan fingerprint density at radius 2 is 1.91 bits per heavy atom. The van der Waals surface area contributed by atoms with Crippen molar-refractivity contribution in [2.24, 2.45) is 0 Å². The quantitative estimate of drug-likeness (QED) is 0.523. The third-order valence-electron chi connectivity index (χ3n) is 5.00. The number of rotatable bonds is 10. The summed E-state index contributed by atoms with van der Waals surface area (Å²) in [7, 11) is 1.57. The number of carbonyl (C=O) groups excluding carboxylic acids is 1. The second-order valence-corrected chi connectivity index (χ2v) is 7.38. The van der Waals surface area contributed by atoms with Gasteiger partial charge in [0.2, 0.25) is 0 Å². The van der Waals surface area contributed by atoms with Gasteiger partial charge in [0.1, 0.15) is 12.3 Å². The molecule has 0 saturated carbocycles. The number of aryl methyl sites for hydroxylation is 1. The molecule has 3 rings (SSSR count). The molecule has 0 saturated heterocycles. The number of ether oxygens (including phenoxy) is 2. The van der Waals surface area contributed by atoms with Gasteiger partial charge in [-0.15, -0.1) is 0 Å². The van der Waals surface area contributed by atoms with Gasteiger partial charge in [-0.25, -0.2) is 4.68 Å². The first-order chi connectivity index (χ1) is 15.5. The van der Waals surface area contributed by atoms with Gasteiger partial charge in [-0.05, 0) is 54.8 Å². The monoisotopic (exact) mass is 436 g/mol. The SMILES string of the molecule is CCCCn1nc(C(=O)NC(C)c2ccc(OCc3ccncc3)c(OC)c2)ccc1=O. The Kier molecular flexibility index (Phi) is 7.96. The Morgan fingerprint density at radius 1 is 1.12 bits per heavy atom. The smallest absolute Gasteiger partial charge is 0.272 e. The van der Waals surface area contributed by atoms with E-state index in [1.807, 2.05) is 44.2 Å². The molecule has 2 heterocycles. The molecule has 0 aliphatic heterocycles. The Balaban J connectivity index is 1.68. The molecule has 32 heavy (non-hydrogen) atoms. The molecule has 3 aromatic rings. The number of unbranched alkanes of at least 4 members (excludes halogenated alkanes) is 1. The Bertz CT molecular complexity index is 1100. The van der Waals surface area contributed by atoms with E-state index < -0.39 is 0 Å². The minimum absolute atomic E-state index is 0.205. The summed E-state index contributed by atoms with van der Waals surface area (Å²) >= 11 is 0. The van der Waals surface area contributed by atoms with E-state index in [9.17, 15) is 9.59 Å². The van der Waals surface area contributed by atoms with Gasteiger partial charge < -0.3 is 14.8 Å². The lowest BCUT2D eigenvalue weighted by molar-refractivity contribution is 0.0932. The fourth-order valence-corrected chi connectivity index (χ4v) is 3.10. The maximum Gasteiger partial charge on any atom is 0.272 e. The van der Waals surface area contributed by atoms with E-state index in [2.05, 4.69) is 15.4 Å². The van der Waals surface area contributed by atoms with Gasteiger partial charge in [-0.2, -0.15) is 5.10 Å². The van der Waals surface area contributed by atoms with Crippen LogP contribution in [0.3, 0.4) is 0 Å². The second kappa shape index (κ2) is 11.1. The normalized spacial score (nSPS) is 11.6. The van der Waals surface area contributed by atoms with Crippen molar-refractivity contribution in [3.05, 3.63) is 82.0 Å². The van der Waals surface area contributed by atoms with Gasteiger partial charge in [-0.1, -0.05) is 19.4 Å². The van der Waals surface area contributed by atoms with Crippen molar-refractivity contribution in [2.75, 3.05) is 7.11 Å². The lowest BCUT2D eigenvalue weighted by Gasteiger charge is -2.17. The average molecular weight is 437 g/mol. The summed E-state index contributed by atoms with van der Waals surface area (Å²) in [4.78, 5) is 28.6. The standard InChI is InChI=1S/C24H28N4O4/c1-4-5-14-28-23(29)9-7-20(27-28)24(30)26-17(2)19-6-8-21(22(15-19)31-3)32-16-18-10-12-25-13-11-18/h6-13,15,17H,4-5,14,16H2,1-3H3,(H,26,30). The number of benzene rings is 1. The van der Waals surface area contributed by atoms with Gasteiger partial charge in [-0.3, -0.25) is 14.6 Å². The molecule has 8 heteroatoms. The summed E-state index contributed by atoms with van der Waals surface area (Å²) in [5.74, 6) is 0.833. The molecule has 8 nitrogen and oxygen atoms in total. The summed E-state index contributed by atoms with van der Waals surface area (Å²) in [5, 5.41) is 7.12. The zero-order valence-corrected chi connectivity index (χ0v) is 18.6. The molecule has 1 amide bonds. The zero-order chi connectivity index (χ0) is 22.9. The summed E-state index contributed by atoms with van der Waals surface area (Å²) < 4.78 is 12.7. The predicted molar refractivity (Wildman–Crippen MR) is 121 cm³/mol. The predicted octanol–water partition coefficient (Wildman–Crippen LogP) is 3.52. The van der Waals surface area contributed by atoms with Crippen LogP contribution in [0.5, 0.6) is 11.5 Å². The van der Waals surface area contributed by atoms with Crippen LogP contribution in [0.2, 0.25) is 0 Å². The van der Waals surface area contributed by atoms with Gasteiger partial charge in [0.05, 0.1) is 13.2 Å². The van der Waals surface area contributed by atoms with E-state index in [1.165, 1.54) is 16.8 Å². The Hall–Kier alpha value is -3.68. The summed E-state index contributed by atoms with van der Waals surface area (Å²) in [6.07, 6.45) is 5.19. The minimum Gasteiger partial charge on any atom is -0.493 e. The highest BCUT2D eigenvalue weighted by Crippen LogP contribution is 2.31. The molecular weight excluding hydrogens is 408 g/mol. The number of methoxy groups -OCH3 is 1. The number of amides is 1. The first kappa shape index (κ1) is 23.0. The van der Waals surface area contributed by atoms with Gasteiger partial charge in [0.15, 0.2) is 11.5 Å². The fraction of sp³-hybridized carbons (Fsp3) is 0.333. The van der Waals surface area contributed by atoms with Crippen molar-refractivity contribution < 1.29 is 14.3 Å². The number of hydrogen-bond acceptors (Lipinski definition) is 6. The number of pyridine rings is 1. The second-order valence-electron chi connectivity index (χ2n) is 7.38. The molecule has 1 unspecified atom stereocenters. The van der Waals surface area contributed by atoms with E-state index in [0.717, 1.165) is 24.0 Å². The fourth-order valence-electron chi connectivity index (χ4n) is 3.10. The van der Waals surface area contributed by atoms with Crippen molar-refractivity contribution in [3.8, 4) is 11.5 Å². The number of carbonyl (C=O) groups is 1. The molecule has 1 atom stereocenters. The first-order valence-electron chi connectivity index (χ1n) is 10.6. The van der Waals surface area contributed by atoms with E-state index in [-0.39, 0.29) is 23.2 Å². The van der Waals surface area contributed by atoms with Crippen LogP contribution in [0, 0.1) is 0 Å². The highest BCUT2D eigenvalue weighted by molar-refractivity contribution is 5.92. The van der Waals surface area contributed by atoms with E-state index in [4.69, 9.17) is 9.47 Å². The van der Waals surface area contributed by atoms with Crippen molar-refractivity contribution in [1.29, 1.82) is 0 Å². The lowest BCUT2D eigenvalue weighted by atomic mass is 10.1. The summed E-state index contributed by atoms with van der Waals surface area (Å²) in [5.41, 5.74) is 1.84. The van der Waals surface area contributed by atoms with Crippen LogP contribution < -0.4 is 20.3 Å². The molecule has 0 spiro atoms. The summed E-state index contributed by atoms with van der Waals surface area (Å²) in [6, 6.07) is 11.8. The molecule has 0 fully saturated rings. The number of aromatic nitrogens is 3. The van der Waals surface area contributed by atoms with E-state index >= 15 is 0 Å². The van der Waals surface area contributed by atoms with Crippen LogP contribution in [0.25, 0.3) is 0 Å². The van der Waals surface area contributed by atoms with Crippen molar-refractivity contribution in [2.45, 2.75) is 45.9 Å². The molecular formula is C24H28N4O4. The number of nitrogens with zero attached hydrogens (tertiary/aromatic N) is 3. The molecule has 168 valence electrons. The molecule has 0 aliphatic carbocycles. The highest BCUT2D eigenvalue weighted by atomic mass is 16.5. The topological polar surface area (TPSA) is 95.3 Å². The average Bonchev–Trinajstić information content (AvgIpc) is 2.82. The van der Waals surface area contributed by atoms with Crippen LogP contribution in [0.1, 0.15) is 54.3 Å². The zero-order valence-electron chi connectivity index (χ0n) is 18.6. The first-order valence-corrected chi connectivity index (χ1v) is 10.6. The molecule has 1 N–H and O–H groups in total. The minimum atomic E-state index is -0.347. The third kappa shape index (κ3) is 5.94. The van der Waals surface area contributed by atoms with Crippen LogP contribution in [0.4, 0.5) is 0 Å². The van der Waals surface area contributed by atoms with Gasteiger partial charge in [0.25, 0.3) is 11.5 Å². The van der Waals surface area contributed by atoms with Crippen molar-refractivity contribution in [1.82, 2.24) is 20.1 Å². The van der Waals surface area contributed by atoms with Crippen LogP contribution in [-0.2, 0) is 13.2 Å². The Morgan fingerprint density at radius 3 is 2.62 bits per heavy atom. The van der Waals surface area contributed by atoms with Crippen molar-refractivity contribution >= 4 is 5.91 Å². The molecule has 1 aromatic carbocycles. The highest BCUT2D eigenvalue weighted by Gasteiger charge is 2.16. The molecule has 2 aromatic heterocycles. The van der Waals surface area contributed by atoms with Crippen LogP contribution in [0.15, 0.2) is 59.7 Å². The molecule has 0 bridgehead atoms. The maximum atomic E-state index is 12.7. The van der Waals surface area contributed by atoms with E-state index in [1.54, 1.807) is 19.5 Å². The van der Waals surface area contributed by atoms with E-state index in [0.29, 0.717) is 24.7 Å². The number of nitrogens with one attached hydrogen (secondary N) is 1. The molecule has 0 radical (unpaired) electrons. The lowest BCUT2D eigenvalue weighted by Crippen LogP contribution is -2.31. The van der Waals surface area contributed by atoms with Crippen LogP contribution >= 0.6 is 0 Å².